The zero-order valence-electron chi connectivity index (χ0n) is 7.68. The molecule has 0 aromatic carbocycles. The molecule has 1 heteroatoms. The quantitative estimate of drug-likeness (QED) is 0.428. The van der Waals surface area contributed by atoms with Gasteiger partial charge in [0.2, 0.25) is 0 Å². The zero-order chi connectivity index (χ0) is 7.54. The highest BCUT2D eigenvalue weighted by atomic mass is 127. The van der Waals surface area contributed by atoms with Crippen LogP contribution in [0.3, 0.4) is 0 Å². The monoisotopic (exact) mass is 272 g/mol. The first kappa shape index (κ1) is 22.5. The van der Waals surface area contributed by atoms with Gasteiger partial charge in [-0.25, -0.2) is 0 Å². The maximum atomic E-state index is 2.18. The molecule has 0 atom stereocenters. The van der Waals surface area contributed by atoms with Crippen LogP contribution in [0.5, 0.6) is 0 Å². The molecule has 0 heterocycles. The molecule has 0 radical (unpaired) electrons. The number of hydrogen-bond donors (Lipinski definition) is 0. The lowest BCUT2D eigenvalue weighted by Gasteiger charge is -1.92. The van der Waals surface area contributed by atoms with Gasteiger partial charge in [-0.2, -0.15) is 0 Å². The molecule has 1 aliphatic carbocycles. The second-order valence-corrected chi connectivity index (χ2v) is 1.76. The molecule has 0 saturated heterocycles. The topological polar surface area (TPSA) is 0 Å². The normalized spacial score (nSPS) is 9.45. The van der Waals surface area contributed by atoms with E-state index in [1.807, 2.05) is 13.8 Å². The van der Waals surface area contributed by atoms with E-state index in [1.165, 1.54) is 19.3 Å². The fourth-order valence-electron chi connectivity index (χ4n) is 0.167. The summed E-state index contributed by atoms with van der Waals surface area (Å²) in [6.07, 6.45) is 8.25. The Hall–Kier alpha value is 0.470. The third kappa shape index (κ3) is 37.6. The molecule has 0 amide bonds. The van der Waals surface area contributed by atoms with Crippen LogP contribution in [0, 0.1) is 0 Å². The summed E-state index contributed by atoms with van der Waals surface area (Å²) in [5.74, 6) is 0. The van der Waals surface area contributed by atoms with Gasteiger partial charge in [0.1, 0.15) is 0 Å². The van der Waals surface area contributed by atoms with E-state index >= 15 is 0 Å². The Balaban J connectivity index is -0.0000000326. The van der Waals surface area contributed by atoms with Crippen molar-refractivity contribution in [1.82, 2.24) is 0 Å². The van der Waals surface area contributed by atoms with E-state index in [-0.39, 0.29) is 31.4 Å². The highest BCUT2D eigenvalue weighted by Crippen LogP contribution is 2.01. The van der Waals surface area contributed by atoms with Gasteiger partial charge < -0.3 is 0 Å². The van der Waals surface area contributed by atoms with Crippen molar-refractivity contribution in [3.63, 3.8) is 0 Å². The van der Waals surface area contributed by atoms with Crippen molar-refractivity contribution in [3.05, 3.63) is 12.2 Å². The smallest absolute Gasteiger partial charge is 0.0316 e. The van der Waals surface area contributed by atoms with Gasteiger partial charge in [-0.05, 0) is 12.8 Å². The van der Waals surface area contributed by atoms with Gasteiger partial charge in [0.05, 0.1) is 0 Å². The molecule has 0 aromatic rings. The molecule has 1 rings (SSSR count). The molecule has 0 saturated carbocycles. The molecule has 1 aliphatic rings. The first-order valence-corrected chi connectivity index (χ1v) is 4.06. The van der Waals surface area contributed by atoms with E-state index in [4.69, 9.17) is 0 Å². The number of rotatable bonds is 0. The molecule has 0 unspecified atom stereocenters. The molecule has 72 valence electrons. The number of allylic oxidation sites excluding steroid dienone is 2. The molecule has 0 bridgehead atoms. The minimum atomic E-state index is 0. The third-order valence-electron chi connectivity index (χ3n) is 0.667. The third-order valence-corrected chi connectivity index (χ3v) is 0.667. The van der Waals surface area contributed by atoms with E-state index in [0.717, 1.165) is 0 Å². The SMILES string of the molecule is C.C1=CCC1.CC.CCC.I. The minimum absolute atomic E-state index is 0. The molecule has 0 spiro atoms. The zero-order valence-corrected chi connectivity index (χ0v) is 10.0. The number of hydrogen-bond acceptors (Lipinski definition) is 0. The average molecular weight is 272 g/mol. The Morgan fingerprint density at radius 3 is 1.09 bits per heavy atom. The number of halogens is 1. The van der Waals surface area contributed by atoms with E-state index in [2.05, 4.69) is 26.0 Å². The summed E-state index contributed by atoms with van der Waals surface area (Å²) >= 11 is 0. The minimum Gasteiger partial charge on any atom is -0.107 e. The Kier molecular flexibility index (Phi) is 64.3. The van der Waals surface area contributed by atoms with Crippen LogP contribution in [0.1, 0.15) is 54.4 Å². The van der Waals surface area contributed by atoms with Crippen molar-refractivity contribution < 1.29 is 0 Å². The molecule has 0 fully saturated rings. The predicted octanol–water partition coefficient (Wildman–Crippen LogP) is 5.03. The lowest BCUT2D eigenvalue weighted by atomic mass is 10.1. The summed E-state index contributed by atoms with van der Waals surface area (Å²) in [7, 11) is 0. The molecule has 0 aliphatic heterocycles. The summed E-state index contributed by atoms with van der Waals surface area (Å²) in [4.78, 5) is 0. The van der Waals surface area contributed by atoms with Crippen molar-refractivity contribution in [2.45, 2.75) is 54.4 Å². The maximum Gasteiger partial charge on any atom is -0.0316 e. The second kappa shape index (κ2) is 31.4. The van der Waals surface area contributed by atoms with E-state index < -0.39 is 0 Å². The second-order valence-electron chi connectivity index (χ2n) is 1.76. The van der Waals surface area contributed by atoms with Crippen LogP contribution in [0.2, 0.25) is 0 Å². The van der Waals surface area contributed by atoms with Gasteiger partial charge in [0.15, 0.2) is 0 Å². The Morgan fingerprint density at radius 2 is 1.09 bits per heavy atom. The van der Waals surface area contributed by atoms with Crippen molar-refractivity contribution in [2.75, 3.05) is 0 Å². The first-order valence-electron chi connectivity index (χ1n) is 4.06. The molecule has 0 aromatic heterocycles. The van der Waals surface area contributed by atoms with Crippen molar-refractivity contribution >= 4 is 24.0 Å². The van der Waals surface area contributed by atoms with Gasteiger partial charge in [0.25, 0.3) is 0 Å². The average Bonchev–Trinajstić information content (AvgIpc) is 1.68. The first-order chi connectivity index (χ1) is 4.41. The van der Waals surface area contributed by atoms with E-state index in [0.29, 0.717) is 0 Å². The summed E-state index contributed by atoms with van der Waals surface area (Å²) in [5, 5.41) is 0. The molecular formula is C10H25I. The van der Waals surface area contributed by atoms with Crippen LogP contribution >= 0.6 is 24.0 Å². The van der Waals surface area contributed by atoms with Crippen LogP contribution in [0.4, 0.5) is 0 Å². The van der Waals surface area contributed by atoms with Gasteiger partial charge >= 0.3 is 0 Å². The van der Waals surface area contributed by atoms with Crippen molar-refractivity contribution in [2.24, 2.45) is 0 Å². The van der Waals surface area contributed by atoms with E-state index in [9.17, 15) is 0 Å². The maximum absolute atomic E-state index is 2.18. The largest absolute Gasteiger partial charge is 0.107 e. The molecule has 11 heavy (non-hydrogen) atoms. The standard InChI is InChI=1S/C4H6.C3H8.C2H6.CH4.HI/c1-2-4-3-1;1-3-2;1-2;;/h1-2H,3-4H2;3H2,1-2H3;1-2H3;1H4;1H. The fourth-order valence-corrected chi connectivity index (χ4v) is 0.167. The van der Waals surface area contributed by atoms with Crippen LogP contribution in [0.15, 0.2) is 12.2 Å². The van der Waals surface area contributed by atoms with Crippen LogP contribution in [-0.4, -0.2) is 0 Å². The summed E-state index contributed by atoms with van der Waals surface area (Å²) in [6.45, 7) is 8.25. The van der Waals surface area contributed by atoms with Crippen LogP contribution in [-0.2, 0) is 0 Å². The summed E-state index contributed by atoms with van der Waals surface area (Å²) in [5.41, 5.74) is 0. The van der Waals surface area contributed by atoms with Gasteiger partial charge in [-0.1, -0.05) is 53.7 Å². The van der Waals surface area contributed by atoms with Crippen molar-refractivity contribution in [3.8, 4) is 0 Å². The summed E-state index contributed by atoms with van der Waals surface area (Å²) < 4.78 is 0. The molecule has 0 nitrogen and oxygen atoms in total. The molecular weight excluding hydrogens is 247 g/mol. The Morgan fingerprint density at radius 1 is 1.00 bits per heavy atom. The van der Waals surface area contributed by atoms with Gasteiger partial charge in [-0.3, -0.25) is 0 Å². The van der Waals surface area contributed by atoms with Crippen molar-refractivity contribution in [1.29, 1.82) is 0 Å². The van der Waals surface area contributed by atoms with E-state index in [1.54, 1.807) is 0 Å². The Labute approximate surface area is 90.5 Å². The van der Waals surface area contributed by atoms with Crippen LogP contribution < -0.4 is 0 Å². The predicted molar refractivity (Wildman–Crippen MR) is 67.8 cm³/mol. The lowest BCUT2D eigenvalue weighted by molar-refractivity contribution is 0.962. The van der Waals surface area contributed by atoms with Gasteiger partial charge in [-0.15, -0.1) is 24.0 Å². The van der Waals surface area contributed by atoms with Crippen LogP contribution in [0.25, 0.3) is 0 Å². The highest BCUT2D eigenvalue weighted by Gasteiger charge is 1.81. The lowest BCUT2D eigenvalue weighted by Crippen LogP contribution is -1.71. The summed E-state index contributed by atoms with van der Waals surface area (Å²) in [6, 6.07) is 0. The fraction of sp³-hybridized carbons (Fsp3) is 0.800. The molecule has 0 N–H and O–H groups in total. The Bertz CT molecular complexity index is 42.8. The highest BCUT2D eigenvalue weighted by molar-refractivity contribution is 14.0. The van der Waals surface area contributed by atoms with Gasteiger partial charge in [0, 0.05) is 0 Å².